The summed E-state index contributed by atoms with van der Waals surface area (Å²) in [6.45, 7) is 0. The largest absolute Gasteiger partial charge is 0.308 e. The van der Waals surface area contributed by atoms with Crippen LogP contribution in [0.3, 0.4) is 0 Å². The summed E-state index contributed by atoms with van der Waals surface area (Å²) in [7, 11) is 0. The monoisotopic (exact) mass is 302 g/mol. The Balaban J connectivity index is 1.80. The predicted octanol–water partition coefficient (Wildman–Crippen LogP) is 2.70. The first-order valence-electron chi connectivity index (χ1n) is 7.37. The summed E-state index contributed by atoms with van der Waals surface area (Å²) < 4.78 is 1.76. The van der Waals surface area contributed by atoms with Crippen molar-refractivity contribution in [2.75, 3.05) is 0 Å². The van der Waals surface area contributed by atoms with E-state index in [1.54, 1.807) is 10.9 Å². The molecule has 0 radical (unpaired) electrons. The SMILES string of the molecule is O=c1[nH]c(Cc2ccccc2)nc2ncn(-c3ccccc3)c12. The third-order valence-electron chi connectivity index (χ3n) is 3.71. The van der Waals surface area contributed by atoms with E-state index in [0.29, 0.717) is 23.4 Å². The molecule has 0 atom stereocenters. The topological polar surface area (TPSA) is 63.6 Å². The summed E-state index contributed by atoms with van der Waals surface area (Å²) in [5, 5.41) is 0. The molecule has 0 spiro atoms. The van der Waals surface area contributed by atoms with Crippen molar-refractivity contribution in [3.05, 3.63) is 88.7 Å². The van der Waals surface area contributed by atoms with Gasteiger partial charge in [-0.2, -0.15) is 0 Å². The predicted molar refractivity (Wildman–Crippen MR) is 88.7 cm³/mol. The lowest BCUT2D eigenvalue weighted by molar-refractivity contribution is 0.962. The highest BCUT2D eigenvalue weighted by atomic mass is 16.1. The van der Waals surface area contributed by atoms with Crippen molar-refractivity contribution in [1.29, 1.82) is 0 Å². The highest BCUT2D eigenvalue weighted by Crippen LogP contribution is 2.14. The normalized spacial score (nSPS) is 11.0. The minimum atomic E-state index is -0.178. The number of aromatic nitrogens is 4. The van der Waals surface area contributed by atoms with Gasteiger partial charge in [0.25, 0.3) is 5.56 Å². The molecule has 1 N–H and O–H groups in total. The molecule has 0 aliphatic heterocycles. The van der Waals surface area contributed by atoms with Gasteiger partial charge in [0.05, 0.1) is 0 Å². The van der Waals surface area contributed by atoms with E-state index in [0.717, 1.165) is 11.3 Å². The Kier molecular flexibility index (Phi) is 3.24. The number of imidazole rings is 1. The van der Waals surface area contributed by atoms with Gasteiger partial charge in [-0.1, -0.05) is 48.5 Å². The molecule has 0 saturated heterocycles. The molecule has 0 unspecified atom stereocenters. The van der Waals surface area contributed by atoms with Crippen LogP contribution in [0.2, 0.25) is 0 Å². The van der Waals surface area contributed by atoms with Gasteiger partial charge in [-0.05, 0) is 17.7 Å². The molecule has 2 aromatic heterocycles. The lowest BCUT2D eigenvalue weighted by Crippen LogP contribution is -2.14. The van der Waals surface area contributed by atoms with Crippen LogP contribution < -0.4 is 5.56 Å². The number of hydrogen-bond acceptors (Lipinski definition) is 3. The molecule has 112 valence electrons. The molecule has 0 amide bonds. The van der Waals surface area contributed by atoms with Gasteiger partial charge >= 0.3 is 0 Å². The maximum absolute atomic E-state index is 12.5. The number of nitrogens with one attached hydrogen (secondary N) is 1. The standard InChI is InChI=1S/C18H14N4O/c23-18-16-17(19-12-22(16)14-9-5-2-6-10-14)20-15(21-18)11-13-7-3-1-4-8-13/h1-10,12H,11H2,(H,20,21,23). The van der Waals surface area contributed by atoms with Crippen LogP contribution in [0, 0.1) is 0 Å². The molecule has 2 aromatic carbocycles. The lowest BCUT2D eigenvalue weighted by Gasteiger charge is -2.04. The zero-order chi connectivity index (χ0) is 15.6. The molecule has 5 nitrogen and oxygen atoms in total. The van der Waals surface area contributed by atoms with Gasteiger partial charge in [-0.25, -0.2) is 9.97 Å². The van der Waals surface area contributed by atoms with Crippen molar-refractivity contribution in [2.45, 2.75) is 6.42 Å². The number of fused-ring (bicyclic) bond motifs is 1. The maximum atomic E-state index is 12.5. The Labute approximate surface area is 132 Å². The highest BCUT2D eigenvalue weighted by molar-refractivity contribution is 5.72. The summed E-state index contributed by atoms with van der Waals surface area (Å²) >= 11 is 0. The molecule has 23 heavy (non-hydrogen) atoms. The fourth-order valence-corrected chi connectivity index (χ4v) is 2.64. The van der Waals surface area contributed by atoms with Gasteiger partial charge in [-0.15, -0.1) is 0 Å². The second-order valence-electron chi connectivity index (χ2n) is 5.30. The molecule has 0 aliphatic rings. The quantitative estimate of drug-likeness (QED) is 0.633. The Hall–Kier alpha value is -3.21. The maximum Gasteiger partial charge on any atom is 0.277 e. The number of aromatic amines is 1. The van der Waals surface area contributed by atoms with Gasteiger partial charge < -0.3 is 4.98 Å². The second-order valence-corrected chi connectivity index (χ2v) is 5.30. The molecule has 0 bridgehead atoms. The van der Waals surface area contributed by atoms with E-state index in [1.807, 2.05) is 60.7 Å². The fourth-order valence-electron chi connectivity index (χ4n) is 2.64. The van der Waals surface area contributed by atoms with Gasteiger partial charge in [0, 0.05) is 12.1 Å². The van der Waals surface area contributed by atoms with Crippen LogP contribution in [0.15, 0.2) is 71.8 Å². The number of benzene rings is 2. The number of H-pyrrole nitrogens is 1. The number of hydrogen-bond donors (Lipinski definition) is 1. The lowest BCUT2D eigenvalue weighted by atomic mass is 10.1. The number of rotatable bonds is 3. The first-order valence-corrected chi connectivity index (χ1v) is 7.37. The van der Waals surface area contributed by atoms with Crippen LogP contribution in [0.1, 0.15) is 11.4 Å². The Morgan fingerprint density at radius 2 is 1.65 bits per heavy atom. The summed E-state index contributed by atoms with van der Waals surface area (Å²) in [5.74, 6) is 0.618. The summed E-state index contributed by atoms with van der Waals surface area (Å²) in [6.07, 6.45) is 2.21. The van der Waals surface area contributed by atoms with Crippen molar-refractivity contribution in [3.8, 4) is 5.69 Å². The van der Waals surface area contributed by atoms with Gasteiger partial charge in [0.2, 0.25) is 0 Å². The van der Waals surface area contributed by atoms with Gasteiger partial charge in [-0.3, -0.25) is 9.36 Å². The molecule has 4 rings (SSSR count). The van der Waals surface area contributed by atoms with Crippen LogP contribution >= 0.6 is 0 Å². The van der Waals surface area contributed by atoms with Crippen LogP contribution in [0.25, 0.3) is 16.9 Å². The van der Waals surface area contributed by atoms with E-state index in [2.05, 4.69) is 15.0 Å². The second kappa shape index (κ2) is 5.53. The van der Waals surface area contributed by atoms with Crippen LogP contribution in [0.5, 0.6) is 0 Å². The molecule has 0 saturated carbocycles. The smallest absolute Gasteiger partial charge is 0.277 e. The third-order valence-corrected chi connectivity index (χ3v) is 3.71. The minimum absolute atomic E-state index is 0.178. The number of nitrogens with zero attached hydrogens (tertiary/aromatic N) is 3. The summed E-state index contributed by atoms with van der Waals surface area (Å²) in [5.41, 5.74) is 2.73. The minimum Gasteiger partial charge on any atom is -0.308 e. The van der Waals surface area contributed by atoms with Crippen molar-refractivity contribution >= 4 is 11.2 Å². The molecule has 5 heteroatoms. The van der Waals surface area contributed by atoms with E-state index in [-0.39, 0.29) is 5.56 Å². The molecule has 4 aromatic rings. The zero-order valence-electron chi connectivity index (χ0n) is 12.3. The van der Waals surface area contributed by atoms with E-state index < -0.39 is 0 Å². The van der Waals surface area contributed by atoms with Crippen molar-refractivity contribution < 1.29 is 0 Å². The fraction of sp³-hybridized carbons (Fsp3) is 0.0556. The Morgan fingerprint density at radius 3 is 2.39 bits per heavy atom. The van der Waals surface area contributed by atoms with Gasteiger partial charge in [0.15, 0.2) is 11.2 Å². The van der Waals surface area contributed by atoms with E-state index in [9.17, 15) is 4.79 Å². The van der Waals surface area contributed by atoms with E-state index >= 15 is 0 Å². The summed E-state index contributed by atoms with van der Waals surface area (Å²) in [4.78, 5) is 24.1. The van der Waals surface area contributed by atoms with Gasteiger partial charge in [0.1, 0.15) is 12.2 Å². The third kappa shape index (κ3) is 2.53. The van der Waals surface area contributed by atoms with Crippen LogP contribution in [-0.2, 0) is 6.42 Å². The summed E-state index contributed by atoms with van der Waals surface area (Å²) in [6, 6.07) is 19.6. The average Bonchev–Trinajstić information content (AvgIpc) is 3.01. The first-order chi connectivity index (χ1) is 11.3. The Morgan fingerprint density at radius 1 is 0.957 bits per heavy atom. The zero-order valence-corrected chi connectivity index (χ0v) is 12.3. The molecular weight excluding hydrogens is 288 g/mol. The average molecular weight is 302 g/mol. The molecular formula is C18H14N4O. The highest BCUT2D eigenvalue weighted by Gasteiger charge is 2.11. The first kappa shape index (κ1) is 13.5. The van der Waals surface area contributed by atoms with Crippen LogP contribution in [-0.4, -0.2) is 19.5 Å². The van der Waals surface area contributed by atoms with E-state index in [4.69, 9.17) is 0 Å². The molecule has 0 aliphatic carbocycles. The Bertz CT molecular complexity index is 1000. The van der Waals surface area contributed by atoms with Crippen molar-refractivity contribution in [1.82, 2.24) is 19.5 Å². The number of para-hydroxylation sites is 1. The molecule has 2 heterocycles. The molecule has 0 fully saturated rings. The van der Waals surface area contributed by atoms with Crippen LogP contribution in [0.4, 0.5) is 0 Å². The van der Waals surface area contributed by atoms with Crippen molar-refractivity contribution in [2.24, 2.45) is 0 Å². The van der Waals surface area contributed by atoms with E-state index in [1.165, 1.54) is 0 Å². The van der Waals surface area contributed by atoms with Crippen molar-refractivity contribution in [3.63, 3.8) is 0 Å².